The standard InChI is InChI=1S/C24H20FNO4S/c1-2-29-19-11-7-17(8-12-19)21-22(31-15-20-4-3-13-30-20)24(28)26(23(21)27)14-16-5-9-18(25)10-6-16/h3-13H,2,14-15H2,1H3. The van der Waals surface area contributed by atoms with Crippen LogP contribution in [0.2, 0.25) is 0 Å². The van der Waals surface area contributed by atoms with Gasteiger partial charge >= 0.3 is 0 Å². The first-order valence-corrected chi connectivity index (χ1v) is 10.8. The summed E-state index contributed by atoms with van der Waals surface area (Å²) in [6.45, 7) is 2.50. The fraction of sp³-hybridized carbons (Fsp3) is 0.167. The smallest absolute Gasteiger partial charge is 0.268 e. The highest BCUT2D eigenvalue weighted by Crippen LogP contribution is 2.38. The van der Waals surface area contributed by atoms with E-state index in [1.807, 2.05) is 13.0 Å². The molecule has 5 nitrogen and oxygen atoms in total. The molecule has 0 radical (unpaired) electrons. The molecular weight excluding hydrogens is 417 g/mol. The lowest BCUT2D eigenvalue weighted by Gasteiger charge is -2.15. The minimum atomic E-state index is -0.375. The first kappa shape index (κ1) is 20.9. The van der Waals surface area contributed by atoms with E-state index < -0.39 is 0 Å². The lowest BCUT2D eigenvalue weighted by molar-refractivity contribution is -0.137. The molecule has 0 bridgehead atoms. The molecule has 1 aliphatic rings. The van der Waals surface area contributed by atoms with Gasteiger partial charge in [0, 0.05) is 0 Å². The summed E-state index contributed by atoms with van der Waals surface area (Å²) in [4.78, 5) is 28.0. The molecule has 158 valence electrons. The predicted octanol–water partition coefficient (Wildman–Crippen LogP) is 5.03. The Kier molecular flexibility index (Phi) is 6.23. The number of thioether (sulfide) groups is 1. The number of rotatable bonds is 8. The number of carbonyl (C=O) groups excluding carboxylic acids is 2. The van der Waals surface area contributed by atoms with Gasteiger partial charge in [0.1, 0.15) is 17.3 Å². The summed E-state index contributed by atoms with van der Waals surface area (Å²) in [6.07, 6.45) is 1.57. The van der Waals surface area contributed by atoms with E-state index in [0.29, 0.717) is 45.5 Å². The molecule has 0 unspecified atom stereocenters. The third-order valence-corrected chi connectivity index (χ3v) is 5.87. The predicted molar refractivity (Wildman–Crippen MR) is 116 cm³/mol. The molecular formula is C24H20FNO4S. The normalized spacial score (nSPS) is 13.9. The molecule has 2 amide bonds. The molecule has 4 rings (SSSR count). The Morgan fingerprint density at radius 1 is 1.00 bits per heavy atom. The average Bonchev–Trinajstić information content (AvgIpc) is 3.37. The number of nitrogens with zero attached hydrogens (tertiary/aromatic N) is 1. The molecule has 1 aliphatic heterocycles. The summed E-state index contributed by atoms with van der Waals surface area (Å²) in [6, 6.07) is 16.5. The number of furan rings is 1. The SMILES string of the molecule is CCOc1ccc(C2=C(SCc3ccco3)C(=O)N(Cc3ccc(F)cc3)C2=O)cc1. The Balaban J connectivity index is 1.65. The van der Waals surface area contributed by atoms with E-state index in [1.54, 1.807) is 48.7 Å². The molecule has 1 aromatic heterocycles. The number of hydrogen-bond donors (Lipinski definition) is 0. The van der Waals surface area contributed by atoms with Gasteiger partial charge < -0.3 is 9.15 Å². The number of hydrogen-bond acceptors (Lipinski definition) is 5. The van der Waals surface area contributed by atoms with Crippen molar-refractivity contribution >= 4 is 29.1 Å². The number of halogens is 1. The van der Waals surface area contributed by atoms with E-state index in [4.69, 9.17) is 9.15 Å². The second-order valence-corrected chi connectivity index (χ2v) is 7.84. The van der Waals surface area contributed by atoms with Crippen LogP contribution in [-0.2, 0) is 21.9 Å². The molecule has 2 heterocycles. The van der Waals surface area contributed by atoms with Gasteiger partial charge in [0.25, 0.3) is 11.8 Å². The summed E-state index contributed by atoms with van der Waals surface area (Å²) in [7, 11) is 0. The number of benzene rings is 2. The second kappa shape index (κ2) is 9.22. The Bertz CT molecular complexity index is 1110. The Morgan fingerprint density at radius 3 is 2.39 bits per heavy atom. The largest absolute Gasteiger partial charge is 0.494 e. The third kappa shape index (κ3) is 4.56. The summed E-state index contributed by atoms with van der Waals surface area (Å²) < 4.78 is 24.1. The zero-order valence-corrected chi connectivity index (χ0v) is 17.7. The van der Waals surface area contributed by atoms with Crippen molar-refractivity contribution in [2.45, 2.75) is 19.2 Å². The van der Waals surface area contributed by atoms with Crippen LogP contribution in [0.15, 0.2) is 76.2 Å². The summed E-state index contributed by atoms with van der Waals surface area (Å²) >= 11 is 1.27. The lowest BCUT2D eigenvalue weighted by Crippen LogP contribution is -2.30. The van der Waals surface area contributed by atoms with Gasteiger partial charge in [0.15, 0.2) is 0 Å². The molecule has 2 aromatic carbocycles. The summed E-state index contributed by atoms with van der Waals surface area (Å²) in [5.74, 6) is 0.713. The van der Waals surface area contributed by atoms with Gasteiger partial charge in [-0.2, -0.15) is 0 Å². The molecule has 0 fully saturated rings. The third-order valence-electron chi connectivity index (χ3n) is 4.77. The van der Waals surface area contributed by atoms with Crippen molar-refractivity contribution in [3.8, 4) is 5.75 Å². The van der Waals surface area contributed by atoms with Crippen molar-refractivity contribution in [1.29, 1.82) is 0 Å². The maximum Gasteiger partial charge on any atom is 0.268 e. The highest BCUT2D eigenvalue weighted by Gasteiger charge is 2.39. The molecule has 0 saturated carbocycles. The minimum absolute atomic E-state index is 0.0727. The molecule has 0 N–H and O–H groups in total. The van der Waals surface area contributed by atoms with Gasteiger partial charge in [-0.15, -0.1) is 11.8 Å². The molecule has 0 aliphatic carbocycles. The Morgan fingerprint density at radius 2 is 1.74 bits per heavy atom. The zero-order valence-electron chi connectivity index (χ0n) is 16.8. The monoisotopic (exact) mass is 437 g/mol. The van der Waals surface area contributed by atoms with Crippen LogP contribution in [-0.4, -0.2) is 23.3 Å². The van der Waals surface area contributed by atoms with E-state index >= 15 is 0 Å². The first-order valence-electron chi connectivity index (χ1n) is 9.80. The van der Waals surface area contributed by atoms with Crippen LogP contribution >= 0.6 is 11.8 Å². The Labute approximate surface area is 183 Å². The number of amides is 2. The number of carbonyl (C=O) groups is 2. The van der Waals surface area contributed by atoms with Crippen molar-refractivity contribution in [2.24, 2.45) is 0 Å². The van der Waals surface area contributed by atoms with E-state index in [1.165, 1.54) is 28.8 Å². The lowest BCUT2D eigenvalue weighted by atomic mass is 10.1. The fourth-order valence-corrected chi connectivity index (χ4v) is 4.31. The van der Waals surface area contributed by atoms with Gasteiger partial charge in [0.05, 0.1) is 35.6 Å². The molecule has 31 heavy (non-hydrogen) atoms. The van der Waals surface area contributed by atoms with Gasteiger partial charge in [0.2, 0.25) is 0 Å². The summed E-state index contributed by atoms with van der Waals surface area (Å²) in [5, 5.41) is 0. The molecule has 0 saturated heterocycles. The van der Waals surface area contributed by atoms with Crippen molar-refractivity contribution in [3.63, 3.8) is 0 Å². The van der Waals surface area contributed by atoms with E-state index in [9.17, 15) is 14.0 Å². The number of ether oxygens (including phenoxy) is 1. The maximum absolute atomic E-state index is 13.3. The Hall–Kier alpha value is -3.32. The molecule has 0 atom stereocenters. The van der Waals surface area contributed by atoms with Crippen molar-refractivity contribution in [1.82, 2.24) is 4.90 Å². The van der Waals surface area contributed by atoms with E-state index in [0.717, 1.165) is 0 Å². The van der Waals surface area contributed by atoms with E-state index in [-0.39, 0.29) is 24.2 Å². The first-order chi connectivity index (χ1) is 15.1. The average molecular weight is 437 g/mol. The second-order valence-electron chi connectivity index (χ2n) is 6.85. The maximum atomic E-state index is 13.3. The van der Waals surface area contributed by atoms with Gasteiger partial charge in [-0.25, -0.2) is 4.39 Å². The van der Waals surface area contributed by atoms with Crippen molar-refractivity contribution < 1.29 is 23.1 Å². The molecule has 7 heteroatoms. The van der Waals surface area contributed by atoms with Crippen molar-refractivity contribution in [3.05, 3.63) is 94.5 Å². The van der Waals surface area contributed by atoms with Crippen LogP contribution in [0, 0.1) is 5.82 Å². The van der Waals surface area contributed by atoms with Crippen LogP contribution in [0.5, 0.6) is 5.75 Å². The molecule has 0 spiro atoms. The van der Waals surface area contributed by atoms with Crippen LogP contribution in [0.25, 0.3) is 5.57 Å². The van der Waals surface area contributed by atoms with Gasteiger partial charge in [-0.05, 0) is 54.4 Å². The number of imide groups is 1. The topological polar surface area (TPSA) is 59.8 Å². The van der Waals surface area contributed by atoms with Gasteiger partial charge in [-0.1, -0.05) is 24.3 Å². The highest BCUT2D eigenvalue weighted by atomic mass is 32.2. The van der Waals surface area contributed by atoms with Crippen LogP contribution < -0.4 is 4.74 Å². The van der Waals surface area contributed by atoms with Gasteiger partial charge in [-0.3, -0.25) is 14.5 Å². The summed E-state index contributed by atoms with van der Waals surface area (Å²) in [5.41, 5.74) is 1.67. The molecule has 3 aromatic rings. The van der Waals surface area contributed by atoms with Crippen LogP contribution in [0.4, 0.5) is 4.39 Å². The van der Waals surface area contributed by atoms with Crippen LogP contribution in [0.1, 0.15) is 23.8 Å². The van der Waals surface area contributed by atoms with Crippen LogP contribution in [0.3, 0.4) is 0 Å². The van der Waals surface area contributed by atoms with Crippen molar-refractivity contribution in [2.75, 3.05) is 6.61 Å². The zero-order chi connectivity index (χ0) is 21.8. The fourth-order valence-electron chi connectivity index (χ4n) is 3.28. The highest BCUT2D eigenvalue weighted by molar-refractivity contribution is 8.03. The quantitative estimate of drug-likeness (QED) is 0.463. The van der Waals surface area contributed by atoms with E-state index in [2.05, 4.69) is 0 Å². The minimum Gasteiger partial charge on any atom is -0.494 e.